The molecule has 0 radical (unpaired) electrons. The van der Waals surface area contributed by atoms with E-state index in [9.17, 15) is 19.8 Å². The van der Waals surface area contributed by atoms with Gasteiger partial charge in [0, 0.05) is 59.2 Å². The SMILES string of the molecule is Cc1cc(-c2cnc3c(NCC(C)(C)O)cc(Br)nn23)ccc1C(=O)NC1CC1.Cc1cc(-c2cnc3c(NCC(C)(C)O)cc(Nc4ccccc4)nn23)ccc1C(=O)NC1CC1. The standard InChI is InChI=1S/C27H30N6O2.C21H24BrN5O2/c1-17-13-18(9-12-21(17)26(34)31-20-10-11-20)23-15-28-25-22(29-16-27(2,3)35)14-24(32-33(23)25)30-19-7-5-4-6-8-19;1-12-8-13(4-7-15(12)20(28)25-14-5-6-14)17-10-23-19-16(24-11-21(2,3)29)9-18(22)26-27(17)19/h4-9,12-15,20,29,35H,10-11,16H2,1-3H3,(H,30,32)(H,31,34);4,7-10,14,24,29H,5-6,11H2,1-3H3,(H,25,28). The fourth-order valence-corrected chi connectivity index (χ4v) is 7.44. The summed E-state index contributed by atoms with van der Waals surface area (Å²) in [5.74, 6) is 0.590. The Morgan fingerprint density at radius 3 is 1.59 bits per heavy atom. The number of imidazole rings is 2. The average molecular weight is 929 g/mol. The van der Waals surface area contributed by atoms with Crippen LogP contribution in [0, 0.1) is 13.8 Å². The molecule has 2 amide bonds. The van der Waals surface area contributed by atoms with Crippen molar-refractivity contribution in [3.8, 4) is 22.5 Å². The maximum atomic E-state index is 12.6. The van der Waals surface area contributed by atoms with Gasteiger partial charge in [0.2, 0.25) is 0 Å². The van der Waals surface area contributed by atoms with E-state index in [2.05, 4.69) is 57.6 Å². The van der Waals surface area contributed by atoms with E-state index >= 15 is 0 Å². The lowest BCUT2D eigenvalue weighted by atomic mass is 10.0. The summed E-state index contributed by atoms with van der Waals surface area (Å²) in [5, 5.41) is 45.6. The Balaban J connectivity index is 0.000000178. The fraction of sp³-hybridized carbons (Fsp3) is 0.333. The first kappa shape index (κ1) is 44.3. The van der Waals surface area contributed by atoms with Crippen LogP contribution in [0.4, 0.5) is 22.9 Å². The van der Waals surface area contributed by atoms with Crippen LogP contribution in [0.25, 0.3) is 33.8 Å². The van der Waals surface area contributed by atoms with Crippen molar-refractivity contribution in [2.24, 2.45) is 0 Å². The van der Waals surface area contributed by atoms with Crippen molar-refractivity contribution in [3.05, 3.63) is 118 Å². The van der Waals surface area contributed by atoms with Crippen LogP contribution in [-0.2, 0) is 0 Å². The lowest BCUT2D eigenvalue weighted by Crippen LogP contribution is -2.29. The number of amides is 2. The first-order valence-corrected chi connectivity index (χ1v) is 22.3. The molecule has 2 aliphatic rings. The average Bonchev–Trinajstić information content (AvgIpc) is 4.15. The lowest BCUT2D eigenvalue weighted by molar-refractivity contribution is 0.0939. The van der Waals surface area contributed by atoms with Crippen LogP contribution in [0.3, 0.4) is 0 Å². The number of hydrogen-bond acceptors (Lipinski definition) is 11. The van der Waals surface area contributed by atoms with Gasteiger partial charge in [-0.3, -0.25) is 9.59 Å². The van der Waals surface area contributed by atoms with Gasteiger partial charge in [0.1, 0.15) is 4.60 Å². The van der Waals surface area contributed by atoms with Gasteiger partial charge in [0.25, 0.3) is 11.8 Å². The summed E-state index contributed by atoms with van der Waals surface area (Å²) in [5.41, 5.74) is 8.66. The number of carbonyl (C=O) groups is 2. The molecule has 15 nitrogen and oxygen atoms in total. The number of carbonyl (C=O) groups excluding carboxylic acids is 2. The van der Waals surface area contributed by atoms with E-state index < -0.39 is 11.2 Å². The Kier molecular flexibility index (Phi) is 12.5. The molecule has 16 heteroatoms. The van der Waals surface area contributed by atoms with Crippen molar-refractivity contribution < 1.29 is 19.8 Å². The van der Waals surface area contributed by atoms with Gasteiger partial charge in [-0.05, 0) is 137 Å². The molecular weight excluding hydrogens is 875 g/mol. The fourth-order valence-electron chi connectivity index (χ4n) is 7.05. The van der Waals surface area contributed by atoms with E-state index in [1.54, 1.807) is 49.1 Å². The number of hydrogen-bond donors (Lipinski definition) is 7. The lowest BCUT2D eigenvalue weighted by Gasteiger charge is -2.19. The summed E-state index contributed by atoms with van der Waals surface area (Å²) in [7, 11) is 0. The van der Waals surface area contributed by atoms with Gasteiger partial charge in [-0.1, -0.05) is 30.3 Å². The van der Waals surface area contributed by atoms with Crippen LogP contribution >= 0.6 is 15.9 Å². The molecule has 0 unspecified atom stereocenters. The van der Waals surface area contributed by atoms with Gasteiger partial charge in [-0.2, -0.15) is 5.10 Å². The van der Waals surface area contributed by atoms with Crippen LogP contribution in [0.15, 0.2) is 95.9 Å². The summed E-state index contributed by atoms with van der Waals surface area (Å²) in [4.78, 5) is 34.1. The molecule has 4 aromatic heterocycles. The Hall–Kier alpha value is -6.36. The maximum Gasteiger partial charge on any atom is 0.251 e. The number of rotatable bonds is 14. The molecule has 0 saturated heterocycles. The summed E-state index contributed by atoms with van der Waals surface area (Å²) >= 11 is 3.45. The summed E-state index contributed by atoms with van der Waals surface area (Å²) < 4.78 is 4.20. The van der Waals surface area contributed by atoms with Gasteiger partial charge in [-0.15, -0.1) is 5.10 Å². The topological polar surface area (TPSA) is 195 Å². The molecule has 7 N–H and O–H groups in total. The van der Waals surface area contributed by atoms with Crippen molar-refractivity contribution in [3.63, 3.8) is 0 Å². The second-order valence-corrected chi connectivity index (χ2v) is 18.8. The van der Waals surface area contributed by atoms with Crippen LogP contribution < -0.4 is 26.6 Å². The van der Waals surface area contributed by atoms with Crippen molar-refractivity contribution >= 4 is 61.9 Å². The van der Waals surface area contributed by atoms with Gasteiger partial charge in [0.05, 0.1) is 46.4 Å². The maximum absolute atomic E-state index is 12.6. The highest BCUT2D eigenvalue weighted by Crippen LogP contribution is 2.31. The number of nitrogens with one attached hydrogen (secondary N) is 5. The van der Waals surface area contributed by atoms with Gasteiger partial charge in [-0.25, -0.2) is 19.0 Å². The molecule has 0 atom stereocenters. The monoisotopic (exact) mass is 927 g/mol. The van der Waals surface area contributed by atoms with Crippen molar-refractivity contribution in [2.75, 3.05) is 29.0 Å². The first-order chi connectivity index (χ1) is 30.5. The number of fused-ring (bicyclic) bond motifs is 2. The third-order valence-electron chi connectivity index (χ3n) is 10.7. The second-order valence-electron chi connectivity index (χ2n) is 18.0. The van der Waals surface area contributed by atoms with E-state index in [-0.39, 0.29) is 11.8 Å². The van der Waals surface area contributed by atoms with Crippen molar-refractivity contribution in [1.29, 1.82) is 0 Å². The third kappa shape index (κ3) is 10.9. The quantitative estimate of drug-likeness (QED) is 0.0558. The molecule has 3 aromatic carbocycles. The second kappa shape index (κ2) is 18.0. The van der Waals surface area contributed by atoms with Gasteiger partial charge >= 0.3 is 0 Å². The minimum absolute atomic E-state index is 0.0198. The van der Waals surface area contributed by atoms with E-state index in [0.717, 1.165) is 76.4 Å². The molecule has 4 heterocycles. The molecule has 64 heavy (non-hydrogen) atoms. The molecule has 332 valence electrons. The van der Waals surface area contributed by atoms with E-state index in [1.807, 2.05) is 92.7 Å². The minimum atomic E-state index is -0.892. The van der Waals surface area contributed by atoms with E-state index in [1.165, 1.54) is 0 Å². The summed E-state index contributed by atoms with van der Waals surface area (Å²) in [6.45, 7) is 11.6. The zero-order valence-electron chi connectivity index (χ0n) is 36.8. The molecule has 0 aliphatic heterocycles. The van der Waals surface area contributed by atoms with Crippen LogP contribution in [0.1, 0.15) is 85.2 Å². The normalized spacial score (nSPS) is 13.9. The van der Waals surface area contributed by atoms with Crippen LogP contribution in [0.2, 0.25) is 0 Å². The summed E-state index contributed by atoms with van der Waals surface area (Å²) in [6.07, 6.45) is 7.79. The molecule has 2 fully saturated rings. The number of aromatic nitrogens is 6. The molecule has 7 aromatic rings. The van der Waals surface area contributed by atoms with Crippen LogP contribution in [-0.4, -0.2) is 87.6 Å². The van der Waals surface area contributed by atoms with E-state index in [4.69, 9.17) is 5.10 Å². The number of nitrogens with zero attached hydrogens (tertiary/aromatic N) is 6. The first-order valence-electron chi connectivity index (χ1n) is 21.5. The van der Waals surface area contributed by atoms with Crippen LogP contribution in [0.5, 0.6) is 0 Å². The number of aliphatic hydroxyl groups is 2. The number of halogens is 1. The highest BCUT2D eigenvalue weighted by atomic mass is 79.9. The molecule has 2 aliphatic carbocycles. The number of aryl methyl sites for hydroxylation is 2. The number of para-hydroxylation sites is 1. The molecule has 0 bridgehead atoms. The number of benzene rings is 3. The summed E-state index contributed by atoms with van der Waals surface area (Å²) in [6, 6.07) is 25.7. The predicted molar refractivity (Wildman–Crippen MR) is 254 cm³/mol. The minimum Gasteiger partial charge on any atom is -0.389 e. The Morgan fingerprint density at radius 2 is 1.14 bits per heavy atom. The predicted octanol–water partition coefficient (Wildman–Crippen LogP) is 8.07. The molecule has 9 rings (SSSR count). The third-order valence-corrected chi connectivity index (χ3v) is 11.1. The Morgan fingerprint density at radius 1 is 0.672 bits per heavy atom. The number of anilines is 4. The van der Waals surface area contributed by atoms with Gasteiger partial charge in [0.15, 0.2) is 17.1 Å². The van der Waals surface area contributed by atoms with Crippen molar-refractivity contribution in [2.45, 2.75) is 90.5 Å². The zero-order valence-corrected chi connectivity index (χ0v) is 38.4. The van der Waals surface area contributed by atoms with E-state index in [0.29, 0.717) is 58.0 Å². The molecule has 2 saturated carbocycles. The molecule has 0 spiro atoms. The Bertz CT molecular complexity index is 2840. The highest BCUT2D eigenvalue weighted by molar-refractivity contribution is 9.10. The highest BCUT2D eigenvalue weighted by Gasteiger charge is 2.26. The molecular formula is C48H54BrN11O4. The Labute approximate surface area is 380 Å². The largest absolute Gasteiger partial charge is 0.389 e. The van der Waals surface area contributed by atoms with Gasteiger partial charge < -0.3 is 36.8 Å². The van der Waals surface area contributed by atoms with Crippen molar-refractivity contribution in [1.82, 2.24) is 39.8 Å². The smallest absolute Gasteiger partial charge is 0.251 e. The zero-order chi connectivity index (χ0) is 45.3.